The second-order valence-corrected chi connectivity index (χ2v) is 5.83. The fourth-order valence-electron chi connectivity index (χ4n) is 2.91. The van der Waals surface area contributed by atoms with E-state index in [2.05, 4.69) is 15.9 Å². The average molecular weight is 328 g/mol. The van der Waals surface area contributed by atoms with E-state index in [1.54, 1.807) is 0 Å². The first-order chi connectivity index (χ1) is 9.24. The van der Waals surface area contributed by atoms with Crippen molar-refractivity contribution in [3.05, 3.63) is 21.2 Å². The topological polar surface area (TPSA) is 64.7 Å². The van der Waals surface area contributed by atoms with Gasteiger partial charge in [0.15, 0.2) is 0 Å². The average Bonchev–Trinajstić information content (AvgIpc) is 2.47. The molecule has 2 aliphatic heterocycles. The number of ether oxygens (including phenoxy) is 2. The number of benzene rings is 1. The molecule has 4 nitrogen and oxygen atoms in total. The summed E-state index contributed by atoms with van der Waals surface area (Å²) in [5.74, 6) is 1.76. The maximum atomic E-state index is 9.43. The molecule has 0 aliphatic carbocycles. The van der Waals surface area contributed by atoms with Crippen molar-refractivity contribution in [2.75, 3.05) is 19.8 Å². The highest BCUT2D eigenvalue weighted by atomic mass is 79.9. The summed E-state index contributed by atoms with van der Waals surface area (Å²) in [4.78, 5) is 0. The Morgan fingerprint density at radius 2 is 1.74 bits per heavy atom. The standard InChI is InChI=1S/C14H18BrNO3/c15-12-9-4-2-5-18-13(9)11(10(16)7-17)8-3-1-6-19-14(8)12/h10,17H,1-7,16H2. The first-order valence-corrected chi connectivity index (χ1v) is 7.52. The van der Waals surface area contributed by atoms with E-state index in [9.17, 15) is 5.11 Å². The van der Waals surface area contributed by atoms with Gasteiger partial charge >= 0.3 is 0 Å². The summed E-state index contributed by atoms with van der Waals surface area (Å²) in [7, 11) is 0. The molecule has 1 aromatic rings. The maximum Gasteiger partial charge on any atom is 0.137 e. The van der Waals surface area contributed by atoms with Crippen LogP contribution in [0, 0.1) is 0 Å². The zero-order valence-corrected chi connectivity index (χ0v) is 12.3. The van der Waals surface area contributed by atoms with E-state index < -0.39 is 6.04 Å². The molecule has 0 saturated carbocycles. The lowest BCUT2D eigenvalue weighted by Gasteiger charge is -2.30. The van der Waals surface area contributed by atoms with Crippen LogP contribution in [0.5, 0.6) is 11.5 Å². The van der Waals surface area contributed by atoms with Crippen LogP contribution in [0.1, 0.15) is 35.6 Å². The molecule has 0 radical (unpaired) electrons. The third-order valence-corrected chi connectivity index (χ3v) is 4.62. The summed E-state index contributed by atoms with van der Waals surface area (Å²) < 4.78 is 12.7. The van der Waals surface area contributed by atoms with Gasteiger partial charge in [-0.1, -0.05) is 0 Å². The van der Waals surface area contributed by atoms with Crippen molar-refractivity contribution >= 4 is 15.9 Å². The summed E-state index contributed by atoms with van der Waals surface area (Å²) in [6.07, 6.45) is 3.85. The van der Waals surface area contributed by atoms with Crippen LogP contribution in [0.2, 0.25) is 0 Å². The van der Waals surface area contributed by atoms with Crippen molar-refractivity contribution in [1.82, 2.24) is 0 Å². The fourth-order valence-corrected chi connectivity index (χ4v) is 3.64. The smallest absolute Gasteiger partial charge is 0.137 e. The van der Waals surface area contributed by atoms with Gasteiger partial charge in [-0.05, 0) is 41.6 Å². The highest BCUT2D eigenvalue weighted by Gasteiger charge is 2.30. The minimum atomic E-state index is -0.407. The molecule has 0 bridgehead atoms. The van der Waals surface area contributed by atoms with Crippen molar-refractivity contribution in [3.63, 3.8) is 0 Å². The molecule has 3 rings (SSSR count). The third-order valence-electron chi connectivity index (χ3n) is 3.78. The number of aliphatic hydroxyl groups excluding tert-OH is 1. The van der Waals surface area contributed by atoms with Gasteiger partial charge in [0.05, 0.1) is 30.3 Å². The van der Waals surface area contributed by atoms with Gasteiger partial charge in [0, 0.05) is 16.7 Å². The molecular weight excluding hydrogens is 310 g/mol. The quantitative estimate of drug-likeness (QED) is 0.873. The monoisotopic (exact) mass is 327 g/mol. The van der Waals surface area contributed by atoms with E-state index >= 15 is 0 Å². The van der Waals surface area contributed by atoms with Crippen LogP contribution in [0.3, 0.4) is 0 Å². The van der Waals surface area contributed by atoms with Gasteiger partial charge < -0.3 is 20.3 Å². The lowest BCUT2D eigenvalue weighted by atomic mass is 9.90. The Morgan fingerprint density at radius 3 is 2.42 bits per heavy atom. The van der Waals surface area contributed by atoms with Gasteiger partial charge in [0.1, 0.15) is 11.5 Å². The zero-order valence-electron chi connectivity index (χ0n) is 10.7. The first-order valence-electron chi connectivity index (χ1n) is 6.73. The van der Waals surface area contributed by atoms with Crippen LogP contribution in [0.4, 0.5) is 0 Å². The van der Waals surface area contributed by atoms with Crippen molar-refractivity contribution < 1.29 is 14.6 Å². The Labute approximate surface area is 121 Å². The molecule has 0 aromatic heterocycles. The molecule has 2 heterocycles. The normalized spacial score (nSPS) is 18.9. The predicted octanol–water partition coefficient (Wildman–Crippen LogP) is 2.09. The van der Waals surface area contributed by atoms with E-state index in [-0.39, 0.29) is 6.61 Å². The van der Waals surface area contributed by atoms with Crippen LogP contribution >= 0.6 is 15.9 Å². The second-order valence-electron chi connectivity index (χ2n) is 5.04. The number of rotatable bonds is 2. The first kappa shape index (κ1) is 13.2. The molecule has 104 valence electrons. The van der Waals surface area contributed by atoms with Crippen LogP contribution in [-0.2, 0) is 12.8 Å². The Bertz CT molecular complexity index is 467. The maximum absolute atomic E-state index is 9.43. The molecule has 19 heavy (non-hydrogen) atoms. The number of hydrogen-bond acceptors (Lipinski definition) is 4. The lowest BCUT2D eigenvalue weighted by Crippen LogP contribution is -2.24. The Morgan fingerprint density at radius 1 is 1.11 bits per heavy atom. The van der Waals surface area contributed by atoms with E-state index in [0.717, 1.165) is 65.0 Å². The van der Waals surface area contributed by atoms with Gasteiger partial charge in [-0.2, -0.15) is 0 Å². The molecule has 0 saturated heterocycles. The van der Waals surface area contributed by atoms with Gasteiger partial charge in [-0.15, -0.1) is 0 Å². The minimum absolute atomic E-state index is 0.0795. The summed E-state index contributed by atoms with van der Waals surface area (Å²) >= 11 is 3.65. The van der Waals surface area contributed by atoms with Gasteiger partial charge in [-0.25, -0.2) is 0 Å². The summed E-state index contributed by atoms with van der Waals surface area (Å²) in [6, 6.07) is -0.407. The molecule has 1 aromatic carbocycles. The third kappa shape index (κ3) is 2.14. The Balaban J connectivity index is 2.25. The number of nitrogens with two attached hydrogens (primary N) is 1. The van der Waals surface area contributed by atoms with E-state index in [4.69, 9.17) is 15.2 Å². The number of aliphatic hydroxyl groups is 1. The number of hydrogen-bond donors (Lipinski definition) is 2. The van der Waals surface area contributed by atoms with Gasteiger partial charge in [-0.3, -0.25) is 0 Å². The summed E-state index contributed by atoms with van der Waals surface area (Å²) in [6.45, 7) is 1.37. The van der Waals surface area contributed by atoms with Crippen LogP contribution in [0.25, 0.3) is 0 Å². The molecule has 0 spiro atoms. The number of halogens is 1. The van der Waals surface area contributed by atoms with Crippen molar-refractivity contribution in [3.8, 4) is 11.5 Å². The van der Waals surface area contributed by atoms with Crippen LogP contribution < -0.4 is 15.2 Å². The molecule has 1 unspecified atom stereocenters. The van der Waals surface area contributed by atoms with E-state index in [0.29, 0.717) is 6.61 Å². The molecule has 0 amide bonds. The molecule has 5 heteroatoms. The van der Waals surface area contributed by atoms with Gasteiger partial charge in [0.25, 0.3) is 0 Å². The van der Waals surface area contributed by atoms with Crippen molar-refractivity contribution in [2.45, 2.75) is 31.7 Å². The Kier molecular flexibility index (Phi) is 3.69. The lowest BCUT2D eigenvalue weighted by molar-refractivity contribution is 0.244. The fraction of sp³-hybridized carbons (Fsp3) is 0.571. The van der Waals surface area contributed by atoms with Gasteiger partial charge in [0.2, 0.25) is 0 Å². The molecule has 2 aliphatic rings. The molecular formula is C14H18BrNO3. The summed E-state index contributed by atoms with van der Waals surface area (Å²) in [5, 5.41) is 9.43. The SMILES string of the molecule is NC(CO)c1c2c(c(Br)c3c1OCCC3)OCCC2. The van der Waals surface area contributed by atoms with E-state index in [1.807, 2.05) is 0 Å². The summed E-state index contributed by atoms with van der Waals surface area (Å²) in [5.41, 5.74) is 9.26. The van der Waals surface area contributed by atoms with E-state index in [1.165, 1.54) is 0 Å². The largest absolute Gasteiger partial charge is 0.493 e. The molecule has 0 fully saturated rings. The minimum Gasteiger partial charge on any atom is -0.493 e. The highest BCUT2D eigenvalue weighted by molar-refractivity contribution is 9.10. The van der Waals surface area contributed by atoms with Crippen molar-refractivity contribution in [1.29, 1.82) is 0 Å². The molecule has 3 N–H and O–H groups in total. The van der Waals surface area contributed by atoms with Crippen LogP contribution in [-0.4, -0.2) is 24.9 Å². The molecule has 1 atom stereocenters. The number of fused-ring (bicyclic) bond motifs is 2. The second kappa shape index (κ2) is 5.31. The van der Waals surface area contributed by atoms with Crippen molar-refractivity contribution in [2.24, 2.45) is 5.73 Å². The predicted molar refractivity (Wildman–Crippen MR) is 75.8 cm³/mol. The highest BCUT2D eigenvalue weighted by Crippen LogP contribution is 2.47. The van der Waals surface area contributed by atoms with Crippen LogP contribution in [0.15, 0.2) is 4.47 Å². The Hall–Kier alpha value is -0.780. The zero-order chi connectivity index (χ0) is 13.4.